The first-order chi connectivity index (χ1) is 11.5. The molecule has 1 aromatic carbocycles. The molecule has 0 bridgehead atoms. The molecule has 0 aliphatic carbocycles. The van der Waals surface area contributed by atoms with Gasteiger partial charge in [0.15, 0.2) is 0 Å². The normalized spacial score (nSPS) is 19.2. The van der Waals surface area contributed by atoms with Crippen LogP contribution >= 0.6 is 0 Å². The summed E-state index contributed by atoms with van der Waals surface area (Å²) in [7, 11) is 0. The third kappa shape index (κ3) is 2.37. The molecule has 0 radical (unpaired) electrons. The molecule has 7 heteroatoms. The highest BCUT2D eigenvalue weighted by Crippen LogP contribution is 2.34. The van der Waals surface area contributed by atoms with Gasteiger partial charge in [0.05, 0.1) is 22.8 Å². The molecule has 1 fully saturated rings. The van der Waals surface area contributed by atoms with Crippen LogP contribution in [0.15, 0.2) is 21.5 Å². The second kappa shape index (κ2) is 5.61. The van der Waals surface area contributed by atoms with E-state index in [9.17, 15) is 9.90 Å². The van der Waals surface area contributed by atoms with E-state index in [4.69, 9.17) is 4.52 Å². The molecule has 4 N–H and O–H groups in total. The van der Waals surface area contributed by atoms with Gasteiger partial charge < -0.3 is 24.9 Å². The first-order valence-electron chi connectivity index (χ1n) is 8.15. The second-order valence-electron chi connectivity index (χ2n) is 6.41. The number of imidazole rings is 1. The zero-order valence-electron chi connectivity index (χ0n) is 13.6. The van der Waals surface area contributed by atoms with Gasteiger partial charge in [-0.25, -0.2) is 4.79 Å². The number of aliphatic hydroxyl groups excluding tert-OH is 1. The molecule has 0 amide bonds. The van der Waals surface area contributed by atoms with E-state index in [0.717, 1.165) is 36.2 Å². The predicted octanol–water partition coefficient (Wildman–Crippen LogP) is 1.91. The highest BCUT2D eigenvalue weighted by molar-refractivity contribution is 5.86. The average Bonchev–Trinajstić information content (AvgIpc) is 3.25. The van der Waals surface area contributed by atoms with Crippen molar-refractivity contribution in [2.45, 2.75) is 38.8 Å². The maximum absolute atomic E-state index is 11.8. The van der Waals surface area contributed by atoms with Crippen LogP contribution in [0.3, 0.4) is 0 Å². The maximum atomic E-state index is 11.8. The Morgan fingerprint density at radius 2 is 2.17 bits per heavy atom. The number of aliphatic hydroxyl groups is 1. The van der Waals surface area contributed by atoms with Crippen molar-refractivity contribution in [3.8, 4) is 11.1 Å². The number of hydrogen-bond donors (Lipinski definition) is 4. The van der Waals surface area contributed by atoms with Gasteiger partial charge in [0.2, 0.25) is 0 Å². The molecule has 7 nitrogen and oxygen atoms in total. The quantitative estimate of drug-likeness (QED) is 0.587. The average molecular weight is 328 g/mol. The lowest BCUT2D eigenvalue weighted by atomic mass is 9.94. The van der Waals surface area contributed by atoms with Gasteiger partial charge in [0.25, 0.3) is 0 Å². The molecule has 1 saturated heterocycles. The van der Waals surface area contributed by atoms with Crippen molar-refractivity contribution >= 4 is 11.0 Å². The molecule has 3 aromatic rings. The van der Waals surface area contributed by atoms with E-state index in [1.807, 2.05) is 26.0 Å². The van der Waals surface area contributed by atoms with Crippen LogP contribution in [0.5, 0.6) is 0 Å². The molecule has 4 rings (SSSR count). The molecular formula is C17H20N4O3. The predicted molar refractivity (Wildman–Crippen MR) is 89.9 cm³/mol. The minimum absolute atomic E-state index is 0.00785. The summed E-state index contributed by atoms with van der Waals surface area (Å²) in [6.45, 7) is 4.64. The first-order valence-corrected chi connectivity index (χ1v) is 8.15. The summed E-state index contributed by atoms with van der Waals surface area (Å²) in [6.07, 6.45) is 1.26. The van der Waals surface area contributed by atoms with E-state index in [2.05, 4.69) is 20.4 Å². The Balaban J connectivity index is 1.92. The standard InChI is InChI=1S/C17H20N4O3/c1-8-14(9(2)24-21-8)10-6-11(16(22)12-4-3-5-18-12)15-13(7-10)19-17(23)20-15/h6-7,12,16,18,22H,3-5H2,1-2H3,(H2,19,20,23)/t12-,16?/m1/s1. The number of rotatable bonds is 3. The van der Waals surface area contributed by atoms with Crippen LogP contribution in [0.2, 0.25) is 0 Å². The first kappa shape index (κ1) is 15.2. The van der Waals surface area contributed by atoms with Crippen molar-refractivity contribution in [2.75, 3.05) is 6.54 Å². The topological polar surface area (TPSA) is 107 Å². The lowest BCUT2D eigenvalue weighted by molar-refractivity contribution is 0.139. The summed E-state index contributed by atoms with van der Waals surface area (Å²) >= 11 is 0. The van der Waals surface area contributed by atoms with Crippen LogP contribution in [0.4, 0.5) is 0 Å². The van der Waals surface area contributed by atoms with E-state index in [1.165, 1.54) is 0 Å². The fraction of sp³-hybridized carbons (Fsp3) is 0.412. The number of H-pyrrole nitrogens is 2. The van der Waals surface area contributed by atoms with Gasteiger partial charge in [0.1, 0.15) is 5.76 Å². The van der Waals surface area contributed by atoms with Crippen molar-refractivity contribution in [3.05, 3.63) is 39.6 Å². The summed E-state index contributed by atoms with van der Waals surface area (Å²) in [6, 6.07) is 3.80. The molecule has 0 saturated carbocycles. The van der Waals surface area contributed by atoms with E-state index in [0.29, 0.717) is 22.4 Å². The lowest BCUT2D eigenvalue weighted by Gasteiger charge is -2.20. The van der Waals surface area contributed by atoms with Gasteiger partial charge in [0, 0.05) is 17.2 Å². The highest BCUT2D eigenvalue weighted by atomic mass is 16.5. The van der Waals surface area contributed by atoms with Crippen molar-refractivity contribution in [3.63, 3.8) is 0 Å². The number of fused-ring (bicyclic) bond motifs is 1. The molecule has 24 heavy (non-hydrogen) atoms. The van der Waals surface area contributed by atoms with Crippen molar-refractivity contribution < 1.29 is 9.63 Å². The van der Waals surface area contributed by atoms with Crippen LogP contribution in [0, 0.1) is 13.8 Å². The van der Waals surface area contributed by atoms with Crippen LogP contribution in [0.25, 0.3) is 22.2 Å². The summed E-state index contributed by atoms with van der Waals surface area (Å²) < 4.78 is 5.26. The number of nitrogens with zero attached hydrogens (tertiary/aromatic N) is 1. The van der Waals surface area contributed by atoms with E-state index < -0.39 is 6.10 Å². The fourth-order valence-electron chi connectivity index (χ4n) is 3.64. The Bertz CT molecular complexity index is 927. The van der Waals surface area contributed by atoms with Crippen molar-refractivity contribution in [1.29, 1.82) is 0 Å². The van der Waals surface area contributed by atoms with Crippen molar-refractivity contribution in [2.24, 2.45) is 0 Å². The Kier molecular flexibility index (Phi) is 3.54. The smallest absolute Gasteiger partial charge is 0.323 e. The van der Waals surface area contributed by atoms with Crippen LogP contribution in [-0.2, 0) is 0 Å². The van der Waals surface area contributed by atoms with Gasteiger partial charge >= 0.3 is 5.69 Å². The third-order valence-corrected chi connectivity index (χ3v) is 4.78. The molecular weight excluding hydrogens is 308 g/mol. The molecule has 2 atom stereocenters. The molecule has 1 aliphatic heterocycles. The highest BCUT2D eigenvalue weighted by Gasteiger charge is 2.27. The number of benzene rings is 1. The lowest BCUT2D eigenvalue weighted by Crippen LogP contribution is -2.29. The number of aryl methyl sites for hydroxylation is 2. The maximum Gasteiger partial charge on any atom is 0.323 e. The number of aromatic nitrogens is 3. The zero-order valence-corrected chi connectivity index (χ0v) is 13.6. The molecule has 126 valence electrons. The van der Waals surface area contributed by atoms with Crippen LogP contribution < -0.4 is 11.0 Å². The van der Waals surface area contributed by atoms with E-state index >= 15 is 0 Å². The van der Waals surface area contributed by atoms with Gasteiger partial charge in [-0.3, -0.25) is 0 Å². The molecule has 1 aliphatic rings. The monoisotopic (exact) mass is 328 g/mol. The molecule has 0 spiro atoms. The summed E-state index contributed by atoms with van der Waals surface area (Å²) in [5.41, 5.74) is 4.30. The second-order valence-corrected chi connectivity index (χ2v) is 6.41. The molecule has 3 heterocycles. The third-order valence-electron chi connectivity index (χ3n) is 4.78. The number of nitrogens with one attached hydrogen (secondary N) is 3. The Labute approximate surface area is 138 Å². The largest absolute Gasteiger partial charge is 0.387 e. The van der Waals surface area contributed by atoms with E-state index in [1.54, 1.807) is 0 Å². The Morgan fingerprint density at radius 3 is 2.83 bits per heavy atom. The van der Waals surface area contributed by atoms with Gasteiger partial charge in [-0.1, -0.05) is 5.16 Å². The summed E-state index contributed by atoms with van der Waals surface area (Å²) in [4.78, 5) is 17.4. The Hall–Kier alpha value is -2.38. The minimum Gasteiger partial charge on any atom is -0.387 e. The summed E-state index contributed by atoms with van der Waals surface area (Å²) in [5, 5.41) is 18.2. The Morgan fingerprint density at radius 1 is 1.33 bits per heavy atom. The fourth-order valence-corrected chi connectivity index (χ4v) is 3.64. The zero-order chi connectivity index (χ0) is 16.8. The molecule has 1 unspecified atom stereocenters. The minimum atomic E-state index is -0.693. The van der Waals surface area contributed by atoms with Gasteiger partial charge in [-0.05, 0) is 50.9 Å². The van der Waals surface area contributed by atoms with Crippen LogP contribution in [-0.4, -0.2) is 32.8 Å². The van der Waals surface area contributed by atoms with Crippen LogP contribution in [0.1, 0.15) is 36.0 Å². The van der Waals surface area contributed by atoms with Gasteiger partial charge in [-0.2, -0.15) is 0 Å². The number of aromatic amines is 2. The SMILES string of the molecule is Cc1noc(C)c1-c1cc(C(O)[C@H]2CCCN2)c2[nH]c(=O)[nH]c2c1. The summed E-state index contributed by atoms with van der Waals surface area (Å²) in [5.74, 6) is 0.712. The van der Waals surface area contributed by atoms with E-state index in [-0.39, 0.29) is 11.7 Å². The number of hydrogen-bond acceptors (Lipinski definition) is 5. The van der Waals surface area contributed by atoms with Gasteiger partial charge in [-0.15, -0.1) is 0 Å². The van der Waals surface area contributed by atoms with Crippen molar-refractivity contribution in [1.82, 2.24) is 20.4 Å². The molecule has 2 aromatic heterocycles.